The zero-order valence-electron chi connectivity index (χ0n) is 22.3. The Morgan fingerprint density at radius 2 is 1.79 bits per heavy atom. The van der Waals surface area contributed by atoms with E-state index in [1.165, 1.54) is 0 Å². The monoisotopic (exact) mass is 526 g/mol. The molecule has 0 bridgehead atoms. The Labute approximate surface area is 229 Å². The van der Waals surface area contributed by atoms with E-state index in [-0.39, 0.29) is 18.4 Å². The van der Waals surface area contributed by atoms with E-state index in [9.17, 15) is 15.5 Å². The Kier molecular flexibility index (Phi) is 6.56. The Morgan fingerprint density at radius 3 is 2.44 bits per heavy atom. The molecule has 0 radical (unpaired) electrons. The lowest BCUT2D eigenvalue weighted by Gasteiger charge is -2.43. The Bertz CT molecular complexity index is 1370. The number of aromatic nitrogens is 1. The molecule has 3 heterocycles. The molecule has 8 heteroatoms. The van der Waals surface area contributed by atoms with Gasteiger partial charge in [-0.15, -0.1) is 0 Å². The van der Waals surface area contributed by atoms with Crippen molar-refractivity contribution in [3.63, 3.8) is 0 Å². The van der Waals surface area contributed by atoms with Crippen LogP contribution in [0.15, 0.2) is 67.0 Å². The minimum atomic E-state index is -1.55. The molecule has 1 saturated carbocycles. The van der Waals surface area contributed by atoms with E-state index in [4.69, 9.17) is 9.47 Å². The molecule has 3 aromatic rings. The second-order valence-corrected chi connectivity index (χ2v) is 11.0. The largest absolute Gasteiger partial charge is 0.495 e. The van der Waals surface area contributed by atoms with Crippen LogP contribution in [0.2, 0.25) is 0 Å². The summed E-state index contributed by atoms with van der Waals surface area (Å²) in [4.78, 5) is 9.04. The van der Waals surface area contributed by atoms with E-state index < -0.39 is 17.1 Å². The average Bonchev–Trinajstić information content (AvgIpc) is 3.37. The van der Waals surface area contributed by atoms with Crippen molar-refractivity contribution < 1.29 is 19.7 Å². The van der Waals surface area contributed by atoms with Gasteiger partial charge in [0.2, 0.25) is 0 Å². The van der Waals surface area contributed by atoms with Gasteiger partial charge in [-0.25, -0.2) is 0 Å². The Balaban J connectivity index is 1.62. The summed E-state index contributed by atoms with van der Waals surface area (Å²) in [6.07, 6.45) is 3.26. The number of aliphatic hydroxyl groups excluding tert-OH is 1. The quantitative estimate of drug-likeness (QED) is 0.506. The maximum absolute atomic E-state index is 13.4. The zero-order valence-corrected chi connectivity index (χ0v) is 22.3. The molecule has 2 aromatic carbocycles. The van der Waals surface area contributed by atoms with Gasteiger partial charge in [-0.05, 0) is 30.3 Å². The van der Waals surface area contributed by atoms with Crippen LogP contribution in [0.1, 0.15) is 28.2 Å². The molecule has 1 aliphatic carbocycles. The summed E-state index contributed by atoms with van der Waals surface area (Å²) < 4.78 is 12.7. The number of likely N-dealkylation sites (N-methyl/N-ethyl adjacent to an activating group) is 1. The SMILES string of the molecule is COc1cncc2c1[C@]1(O)[C@@H](CN3CCN(C)CC3)[C@H](CO)[C@@H](c3ccccc3)[C@]1(c1ccc(C#N)cc1)O2. The molecule has 0 amide bonds. The molecular weight excluding hydrogens is 492 g/mol. The second kappa shape index (κ2) is 9.92. The number of fused-ring (bicyclic) bond motifs is 3. The fourth-order valence-corrected chi connectivity index (χ4v) is 7.27. The number of hydrogen-bond donors (Lipinski definition) is 2. The zero-order chi connectivity index (χ0) is 27.2. The molecule has 2 fully saturated rings. The van der Waals surface area contributed by atoms with Gasteiger partial charge in [0, 0.05) is 57.1 Å². The molecule has 2 aliphatic heterocycles. The number of pyridine rings is 1. The molecule has 6 rings (SSSR count). The van der Waals surface area contributed by atoms with Gasteiger partial charge in [0.05, 0.1) is 36.7 Å². The highest BCUT2D eigenvalue weighted by Gasteiger charge is 2.76. The summed E-state index contributed by atoms with van der Waals surface area (Å²) in [7, 11) is 3.70. The predicted molar refractivity (Wildman–Crippen MR) is 145 cm³/mol. The first-order chi connectivity index (χ1) is 19.0. The van der Waals surface area contributed by atoms with Gasteiger partial charge in [0.1, 0.15) is 17.1 Å². The normalized spacial score (nSPS) is 30.3. The molecular formula is C31H34N4O4. The van der Waals surface area contributed by atoms with Gasteiger partial charge in [-0.2, -0.15) is 5.26 Å². The van der Waals surface area contributed by atoms with E-state index in [1.807, 2.05) is 42.5 Å². The average molecular weight is 527 g/mol. The lowest BCUT2D eigenvalue weighted by Crippen LogP contribution is -2.54. The molecule has 1 aromatic heterocycles. The lowest BCUT2D eigenvalue weighted by molar-refractivity contribution is -0.133. The maximum Gasteiger partial charge on any atom is 0.174 e. The fourth-order valence-electron chi connectivity index (χ4n) is 7.27. The standard InChI is InChI=1S/C31H34N4O4/c1-34-12-14-35(15-13-34)19-25-24(20-36)28(22-6-4-3-5-7-22)31(23-10-8-21(16-32)9-11-23)30(25,37)29-26(38-2)17-33-18-27(29)39-31/h3-11,17-18,24-25,28,36-37H,12-15,19-20H2,1-2H3/t24-,25-,28+,30+,31-/m0/s1. The van der Waals surface area contributed by atoms with E-state index in [0.717, 1.165) is 37.3 Å². The summed E-state index contributed by atoms with van der Waals surface area (Å²) >= 11 is 0. The van der Waals surface area contributed by atoms with Crippen LogP contribution in [0, 0.1) is 23.2 Å². The minimum Gasteiger partial charge on any atom is -0.495 e. The van der Waals surface area contributed by atoms with Crippen molar-refractivity contribution in [3.8, 4) is 17.6 Å². The number of nitriles is 1. The lowest BCUT2D eigenvalue weighted by atomic mass is 9.69. The van der Waals surface area contributed by atoms with E-state index in [2.05, 4.69) is 27.9 Å². The smallest absolute Gasteiger partial charge is 0.174 e. The highest BCUT2D eigenvalue weighted by Crippen LogP contribution is 2.71. The molecule has 8 nitrogen and oxygen atoms in total. The third-order valence-corrected chi connectivity index (χ3v) is 9.10. The number of methoxy groups -OCH3 is 1. The van der Waals surface area contributed by atoms with Crippen molar-refractivity contribution in [2.24, 2.45) is 11.8 Å². The first kappa shape index (κ1) is 25.8. The van der Waals surface area contributed by atoms with E-state index in [1.54, 1.807) is 31.6 Å². The number of aliphatic hydroxyl groups is 2. The highest BCUT2D eigenvalue weighted by molar-refractivity contribution is 5.59. The van der Waals surface area contributed by atoms with E-state index >= 15 is 0 Å². The second-order valence-electron chi connectivity index (χ2n) is 11.0. The van der Waals surface area contributed by atoms with Crippen molar-refractivity contribution >= 4 is 0 Å². The Hall–Kier alpha value is -3.48. The van der Waals surface area contributed by atoms with Crippen LogP contribution in [0.4, 0.5) is 0 Å². The predicted octanol–water partition coefficient (Wildman–Crippen LogP) is 2.71. The summed E-state index contributed by atoms with van der Waals surface area (Å²) in [5, 5.41) is 33.9. The van der Waals surface area contributed by atoms with Crippen LogP contribution in [-0.2, 0) is 11.2 Å². The van der Waals surface area contributed by atoms with Crippen LogP contribution in [0.5, 0.6) is 11.5 Å². The van der Waals surface area contributed by atoms with Gasteiger partial charge in [0.25, 0.3) is 0 Å². The molecule has 5 atom stereocenters. The first-order valence-corrected chi connectivity index (χ1v) is 13.5. The molecule has 202 valence electrons. The van der Waals surface area contributed by atoms with E-state index in [0.29, 0.717) is 29.2 Å². The summed E-state index contributed by atoms with van der Waals surface area (Å²) in [6.45, 7) is 4.11. The number of nitrogens with zero attached hydrogens (tertiary/aromatic N) is 4. The van der Waals surface area contributed by atoms with Crippen molar-refractivity contribution in [1.29, 1.82) is 5.26 Å². The van der Waals surface area contributed by atoms with Crippen LogP contribution in [0.25, 0.3) is 0 Å². The highest BCUT2D eigenvalue weighted by atomic mass is 16.5. The van der Waals surface area contributed by atoms with Crippen molar-refractivity contribution in [3.05, 3.63) is 89.2 Å². The van der Waals surface area contributed by atoms with Crippen molar-refractivity contribution in [1.82, 2.24) is 14.8 Å². The van der Waals surface area contributed by atoms with Gasteiger partial charge in [-0.1, -0.05) is 42.5 Å². The first-order valence-electron chi connectivity index (χ1n) is 13.5. The number of hydrogen-bond acceptors (Lipinski definition) is 8. The van der Waals surface area contributed by atoms with Crippen LogP contribution in [-0.4, -0.2) is 78.5 Å². The topological polar surface area (TPSA) is 102 Å². The van der Waals surface area contributed by atoms with Gasteiger partial charge < -0.3 is 29.5 Å². The third-order valence-electron chi connectivity index (χ3n) is 9.10. The van der Waals surface area contributed by atoms with Crippen LogP contribution in [0.3, 0.4) is 0 Å². The summed E-state index contributed by atoms with van der Waals surface area (Å²) in [5.74, 6) is -0.166. The molecule has 0 spiro atoms. The maximum atomic E-state index is 13.4. The van der Waals surface area contributed by atoms with Gasteiger partial charge in [0.15, 0.2) is 5.60 Å². The molecule has 2 N–H and O–H groups in total. The molecule has 1 saturated heterocycles. The van der Waals surface area contributed by atoms with Crippen LogP contribution < -0.4 is 9.47 Å². The minimum absolute atomic E-state index is 0.121. The van der Waals surface area contributed by atoms with Gasteiger partial charge >= 0.3 is 0 Å². The third kappa shape index (κ3) is 3.76. The van der Waals surface area contributed by atoms with Gasteiger partial charge in [-0.3, -0.25) is 4.98 Å². The number of rotatable bonds is 6. The number of ether oxygens (including phenoxy) is 2. The summed E-state index contributed by atoms with van der Waals surface area (Å²) in [6, 6.07) is 19.5. The fraction of sp³-hybridized carbons (Fsp3) is 0.419. The molecule has 0 unspecified atom stereocenters. The molecule has 3 aliphatic rings. The van der Waals surface area contributed by atoms with Crippen molar-refractivity contribution in [2.45, 2.75) is 17.1 Å². The number of benzene rings is 2. The van der Waals surface area contributed by atoms with Crippen LogP contribution >= 0.6 is 0 Å². The Morgan fingerprint density at radius 1 is 1.08 bits per heavy atom. The number of piperazine rings is 1. The summed E-state index contributed by atoms with van der Waals surface area (Å²) in [5.41, 5.74) is -0.0284. The van der Waals surface area contributed by atoms with Crippen molar-refractivity contribution in [2.75, 3.05) is 53.5 Å². The molecule has 39 heavy (non-hydrogen) atoms.